The fraction of sp³-hybridized carbons (Fsp3) is 0.727. The molecule has 0 saturated heterocycles. The number of nitrogens with two attached hydrogens (primary N) is 1. The van der Waals surface area contributed by atoms with Crippen molar-refractivity contribution in [1.82, 2.24) is 14.7 Å². The Hall–Kier alpha value is -0.910. The third kappa shape index (κ3) is 3.30. The molecule has 0 fully saturated rings. The molecular formula is C11H22N4O. The Bertz CT molecular complexity index is 294. The Morgan fingerprint density at radius 1 is 1.56 bits per heavy atom. The van der Waals surface area contributed by atoms with Crippen LogP contribution in [-0.4, -0.2) is 46.0 Å². The molecule has 16 heavy (non-hydrogen) atoms. The number of nitrogens with zero attached hydrogens (tertiary/aromatic N) is 3. The number of aromatic nitrogens is 2. The van der Waals surface area contributed by atoms with Gasteiger partial charge in [0.2, 0.25) is 0 Å². The first-order valence-electron chi connectivity index (χ1n) is 5.76. The summed E-state index contributed by atoms with van der Waals surface area (Å²) in [4.78, 5) is 2.21. The van der Waals surface area contributed by atoms with Gasteiger partial charge in [0.05, 0.1) is 18.8 Å². The number of hydrogen-bond donors (Lipinski definition) is 2. The number of aliphatic hydroxyl groups is 1. The molecule has 1 atom stereocenters. The van der Waals surface area contributed by atoms with Crippen LogP contribution in [0.4, 0.5) is 0 Å². The van der Waals surface area contributed by atoms with E-state index in [-0.39, 0.29) is 12.6 Å². The van der Waals surface area contributed by atoms with Gasteiger partial charge < -0.3 is 10.8 Å². The molecule has 0 amide bonds. The van der Waals surface area contributed by atoms with Crippen LogP contribution in [0.15, 0.2) is 12.4 Å². The minimum absolute atomic E-state index is 0.154. The zero-order valence-corrected chi connectivity index (χ0v) is 10.1. The van der Waals surface area contributed by atoms with Gasteiger partial charge >= 0.3 is 0 Å². The summed E-state index contributed by atoms with van der Waals surface area (Å²) in [6.45, 7) is 4.44. The fourth-order valence-corrected chi connectivity index (χ4v) is 1.95. The Balaban J connectivity index is 2.76. The quantitative estimate of drug-likeness (QED) is 0.693. The fourth-order valence-electron chi connectivity index (χ4n) is 1.95. The third-order valence-electron chi connectivity index (χ3n) is 2.67. The van der Waals surface area contributed by atoms with Gasteiger partial charge in [-0.25, -0.2) is 0 Å². The molecule has 0 saturated carbocycles. The van der Waals surface area contributed by atoms with E-state index in [1.54, 1.807) is 4.68 Å². The second kappa shape index (κ2) is 6.62. The van der Waals surface area contributed by atoms with Crippen molar-refractivity contribution < 1.29 is 5.11 Å². The zero-order valence-electron chi connectivity index (χ0n) is 10.1. The highest BCUT2D eigenvalue weighted by Gasteiger charge is 2.19. The topological polar surface area (TPSA) is 67.3 Å². The lowest BCUT2D eigenvalue weighted by Crippen LogP contribution is -2.36. The molecule has 0 aliphatic rings. The van der Waals surface area contributed by atoms with Gasteiger partial charge in [0.1, 0.15) is 0 Å². The van der Waals surface area contributed by atoms with Crippen molar-refractivity contribution in [3.05, 3.63) is 18.0 Å². The van der Waals surface area contributed by atoms with Crippen LogP contribution in [0, 0.1) is 0 Å². The maximum atomic E-state index is 9.06. The highest BCUT2D eigenvalue weighted by Crippen LogP contribution is 2.18. The SMILES string of the molecule is CCCN(CCO)C(CN)c1cnn(C)c1. The molecule has 1 aromatic heterocycles. The molecule has 92 valence electrons. The van der Waals surface area contributed by atoms with Gasteiger partial charge in [0, 0.05) is 31.9 Å². The number of rotatable bonds is 7. The van der Waals surface area contributed by atoms with E-state index in [4.69, 9.17) is 10.8 Å². The molecule has 5 heteroatoms. The molecule has 1 aromatic rings. The minimum atomic E-state index is 0.154. The Kier molecular flexibility index (Phi) is 5.45. The van der Waals surface area contributed by atoms with Crippen LogP contribution in [0.1, 0.15) is 24.9 Å². The van der Waals surface area contributed by atoms with Crippen LogP contribution in [0.25, 0.3) is 0 Å². The summed E-state index contributed by atoms with van der Waals surface area (Å²) in [6.07, 6.45) is 4.88. The Morgan fingerprint density at radius 3 is 2.75 bits per heavy atom. The van der Waals surface area contributed by atoms with Gasteiger partial charge in [-0.1, -0.05) is 6.92 Å². The average Bonchev–Trinajstić information content (AvgIpc) is 2.67. The summed E-state index contributed by atoms with van der Waals surface area (Å²) >= 11 is 0. The highest BCUT2D eigenvalue weighted by molar-refractivity contribution is 5.11. The maximum Gasteiger partial charge on any atom is 0.0558 e. The van der Waals surface area contributed by atoms with Crippen LogP contribution >= 0.6 is 0 Å². The Morgan fingerprint density at radius 2 is 2.31 bits per heavy atom. The van der Waals surface area contributed by atoms with Crippen molar-refractivity contribution in [2.24, 2.45) is 12.8 Å². The van der Waals surface area contributed by atoms with E-state index in [1.165, 1.54) is 0 Å². The van der Waals surface area contributed by atoms with Crippen LogP contribution < -0.4 is 5.73 Å². The van der Waals surface area contributed by atoms with Crippen molar-refractivity contribution in [2.75, 3.05) is 26.2 Å². The van der Waals surface area contributed by atoms with E-state index in [0.29, 0.717) is 13.1 Å². The lowest BCUT2D eigenvalue weighted by molar-refractivity contribution is 0.153. The van der Waals surface area contributed by atoms with E-state index in [9.17, 15) is 0 Å². The number of hydrogen-bond acceptors (Lipinski definition) is 4. The summed E-state index contributed by atoms with van der Waals surface area (Å²) in [5.74, 6) is 0. The van der Waals surface area contributed by atoms with Crippen molar-refractivity contribution >= 4 is 0 Å². The minimum Gasteiger partial charge on any atom is -0.395 e. The summed E-state index contributed by atoms with van der Waals surface area (Å²) in [7, 11) is 1.90. The molecule has 3 N–H and O–H groups in total. The second-order valence-corrected chi connectivity index (χ2v) is 3.96. The van der Waals surface area contributed by atoms with E-state index in [1.807, 2.05) is 19.4 Å². The molecule has 0 radical (unpaired) electrons. The van der Waals surface area contributed by atoms with Crippen molar-refractivity contribution in [1.29, 1.82) is 0 Å². The smallest absolute Gasteiger partial charge is 0.0558 e. The van der Waals surface area contributed by atoms with Gasteiger partial charge in [0.25, 0.3) is 0 Å². The summed E-state index contributed by atoms with van der Waals surface area (Å²) in [6, 6.07) is 0.154. The predicted molar refractivity (Wildman–Crippen MR) is 64.0 cm³/mol. The van der Waals surface area contributed by atoms with Crippen molar-refractivity contribution in [3.8, 4) is 0 Å². The molecule has 5 nitrogen and oxygen atoms in total. The zero-order chi connectivity index (χ0) is 12.0. The summed E-state index contributed by atoms with van der Waals surface area (Å²) in [5, 5.41) is 13.2. The molecule has 0 aliphatic heterocycles. The lowest BCUT2D eigenvalue weighted by Gasteiger charge is -2.29. The van der Waals surface area contributed by atoms with Gasteiger partial charge in [-0.05, 0) is 13.0 Å². The lowest BCUT2D eigenvalue weighted by atomic mass is 10.1. The van der Waals surface area contributed by atoms with E-state index in [0.717, 1.165) is 18.5 Å². The predicted octanol–water partition coefficient (Wildman–Crippen LogP) is 0.124. The largest absolute Gasteiger partial charge is 0.395 e. The van der Waals surface area contributed by atoms with Gasteiger partial charge in [0.15, 0.2) is 0 Å². The number of aryl methyl sites for hydroxylation is 1. The van der Waals surface area contributed by atoms with Crippen LogP contribution in [-0.2, 0) is 7.05 Å². The molecule has 1 rings (SSSR count). The first-order chi connectivity index (χ1) is 7.72. The molecule has 1 unspecified atom stereocenters. The molecule has 0 aliphatic carbocycles. The second-order valence-electron chi connectivity index (χ2n) is 3.96. The summed E-state index contributed by atoms with van der Waals surface area (Å²) in [5.41, 5.74) is 6.93. The standard InChI is InChI=1S/C11H22N4O/c1-3-4-15(5-6-16)11(7-12)10-8-13-14(2)9-10/h8-9,11,16H,3-7,12H2,1-2H3. The first-order valence-corrected chi connectivity index (χ1v) is 5.76. The first kappa shape index (κ1) is 13.2. The number of aliphatic hydroxyl groups excluding tert-OH is 1. The van der Waals surface area contributed by atoms with E-state index >= 15 is 0 Å². The molecular weight excluding hydrogens is 204 g/mol. The monoisotopic (exact) mass is 226 g/mol. The molecule has 0 bridgehead atoms. The molecule has 1 heterocycles. The van der Waals surface area contributed by atoms with Gasteiger partial charge in [-0.2, -0.15) is 5.10 Å². The van der Waals surface area contributed by atoms with Crippen LogP contribution in [0.3, 0.4) is 0 Å². The van der Waals surface area contributed by atoms with Crippen LogP contribution in [0.2, 0.25) is 0 Å². The van der Waals surface area contributed by atoms with Gasteiger partial charge in [-0.3, -0.25) is 9.58 Å². The molecule has 0 spiro atoms. The van der Waals surface area contributed by atoms with E-state index < -0.39 is 0 Å². The van der Waals surface area contributed by atoms with Crippen molar-refractivity contribution in [3.63, 3.8) is 0 Å². The highest BCUT2D eigenvalue weighted by atomic mass is 16.3. The average molecular weight is 226 g/mol. The normalized spacial score (nSPS) is 13.3. The maximum absolute atomic E-state index is 9.06. The van der Waals surface area contributed by atoms with E-state index in [2.05, 4.69) is 16.9 Å². The molecule has 0 aromatic carbocycles. The van der Waals surface area contributed by atoms with Gasteiger partial charge in [-0.15, -0.1) is 0 Å². The third-order valence-corrected chi connectivity index (χ3v) is 2.67. The summed E-state index contributed by atoms with van der Waals surface area (Å²) < 4.78 is 1.78. The van der Waals surface area contributed by atoms with Crippen LogP contribution in [0.5, 0.6) is 0 Å². The van der Waals surface area contributed by atoms with Crippen molar-refractivity contribution in [2.45, 2.75) is 19.4 Å². The Labute approximate surface area is 96.9 Å².